The maximum absolute atomic E-state index is 11.4. The largest absolute Gasteiger partial charge is 0.465 e. The van der Waals surface area contributed by atoms with E-state index in [2.05, 4.69) is 9.72 Å². The molecule has 1 aromatic carbocycles. The van der Waals surface area contributed by atoms with Crippen molar-refractivity contribution in [2.24, 2.45) is 0 Å². The monoisotopic (exact) mass is 185 g/mol. The van der Waals surface area contributed by atoms with Crippen LogP contribution in [0.1, 0.15) is 10.4 Å². The summed E-state index contributed by atoms with van der Waals surface area (Å²) in [7, 11) is 6.95. The fourth-order valence-corrected chi connectivity index (χ4v) is 1.46. The molecular weight excluding hydrogens is 177 g/mol. The summed E-state index contributed by atoms with van der Waals surface area (Å²) in [6.07, 6.45) is 0. The van der Waals surface area contributed by atoms with Crippen LogP contribution in [0.15, 0.2) is 24.3 Å². The van der Waals surface area contributed by atoms with Crippen LogP contribution in [0.25, 0.3) is 10.9 Å². The molecule has 0 aliphatic heterocycles. The van der Waals surface area contributed by atoms with Crippen molar-refractivity contribution in [3.8, 4) is 0 Å². The lowest BCUT2D eigenvalue weighted by molar-refractivity contribution is 0.0603. The number of aromatic nitrogens is 1. The molecule has 1 N–H and O–H groups in total. The molecule has 1 aromatic heterocycles. The molecule has 0 amide bonds. The number of rotatable bonds is 1. The number of carbonyl (C=O) groups excluding carboxylic acids is 1. The van der Waals surface area contributed by atoms with Gasteiger partial charge < -0.3 is 9.72 Å². The molecule has 4 heteroatoms. The molecule has 2 rings (SSSR count). The third-order valence-electron chi connectivity index (χ3n) is 2.09. The van der Waals surface area contributed by atoms with E-state index in [1.807, 2.05) is 6.07 Å². The quantitative estimate of drug-likeness (QED) is 0.526. The average Bonchev–Trinajstić information content (AvgIpc) is 2.56. The van der Waals surface area contributed by atoms with E-state index >= 15 is 0 Å². The first-order valence-electron chi connectivity index (χ1n) is 4.18. The van der Waals surface area contributed by atoms with E-state index in [1.54, 1.807) is 18.2 Å². The zero-order valence-electron chi connectivity index (χ0n) is 7.70. The predicted molar refractivity (Wildman–Crippen MR) is 55.0 cm³/mol. The molecule has 2 aromatic rings. The second-order valence-corrected chi connectivity index (χ2v) is 2.98. The van der Waals surface area contributed by atoms with Gasteiger partial charge in [0.1, 0.15) is 7.85 Å². The van der Waals surface area contributed by atoms with Gasteiger partial charge in [0.25, 0.3) is 0 Å². The van der Waals surface area contributed by atoms with E-state index in [0.29, 0.717) is 11.2 Å². The van der Waals surface area contributed by atoms with Crippen molar-refractivity contribution in [2.75, 3.05) is 7.11 Å². The summed E-state index contributed by atoms with van der Waals surface area (Å²) in [5, 5.41) is 0.789. The van der Waals surface area contributed by atoms with Crippen LogP contribution in [-0.2, 0) is 4.74 Å². The van der Waals surface area contributed by atoms with E-state index < -0.39 is 0 Å². The SMILES string of the molecule is [B]c1cc2c(C(=O)OC)cccc2[nH]1. The summed E-state index contributed by atoms with van der Waals surface area (Å²) >= 11 is 0. The van der Waals surface area contributed by atoms with Gasteiger partial charge in [0, 0.05) is 10.9 Å². The molecule has 0 atom stereocenters. The van der Waals surface area contributed by atoms with E-state index in [4.69, 9.17) is 7.85 Å². The third kappa shape index (κ3) is 1.29. The average molecular weight is 185 g/mol. The minimum absolute atomic E-state index is 0.352. The topological polar surface area (TPSA) is 42.1 Å². The van der Waals surface area contributed by atoms with Gasteiger partial charge in [0.15, 0.2) is 0 Å². The summed E-state index contributed by atoms with van der Waals surface area (Å²) < 4.78 is 4.66. The molecule has 0 saturated heterocycles. The van der Waals surface area contributed by atoms with Crippen LogP contribution in [0.2, 0.25) is 0 Å². The summed E-state index contributed by atoms with van der Waals surface area (Å²) in [6.45, 7) is 0. The van der Waals surface area contributed by atoms with Crippen molar-refractivity contribution >= 4 is 30.3 Å². The minimum atomic E-state index is -0.352. The van der Waals surface area contributed by atoms with Gasteiger partial charge >= 0.3 is 5.97 Å². The number of hydrogen-bond acceptors (Lipinski definition) is 2. The predicted octanol–water partition coefficient (Wildman–Crippen LogP) is 0.748. The van der Waals surface area contributed by atoms with Gasteiger partial charge in [-0.1, -0.05) is 6.07 Å². The number of nitrogens with one attached hydrogen (secondary N) is 1. The van der Waals surface area contributed by atoms with Crippen molar-refractivity contribution in [1.82, 2.24) is 4.98 Å². The first-order chi connectivity index (χ1) is 6.72. The van der Waals surface area contributed by atoms with Gasteiger partial charge in [-0.05, 0) is 23.8 Å². The lowest BCUT2D eigenvalue weighted by Gasteiger charge is -1.99. The number of esters is 1. The van der Waals surface area contributed by atoms with Gasteiger partial charge in [0.2, 0.25) is 0 Å². The Morgan fingerprint density at radius 2 is 2.29 bits per heavy atom. The van der Waals surface area contributed by atoms with Crippen molar-refractivity contribution in [1.29, 1.82) is 0 Å². The molecule has 0 unspecified atom stereocenters. The van der Waals surface area contributed by atoms with Crippen LogP contribution in [0.3, 0.4) is 0 Å². The maximum atomic E-state index is 11.4. The van der Waals surface area contributed by atoms with E-state index in [0.717, 1.165) is 10.9 Å². The van der Waals surface area contributed by atoms with Crippen molar-refractivity contribution in [3.63, 3.8) is 0 Å². The fraction of sp³-hybridized carbons (Fsp3) is 0.100. The number of benzene rings is 1. The molecule has 0 aliphatic carbocycles. The van der Waals surface area contributed by atoms with Gasteiger partial charge in [-0.25, -0.2) is 4.79 Å². The zero-order chi connectivity index (χ0) is 10.1. The van der Waals surface area contributed by atoms with Gasteiger partial charge in [-0.15, -0.1) is 0 Å². The van der Waals surface area contributed by atoms with Gasteiger partial charge in [-0.2, -0.15) is 0 Å². The van der Waals surface area contributed by atoms with Crippen LogP contribution in [0, 0.1) is 0 Å². The third-order valence-corrected chi connectivity index (χ3v) is 2.09. The molecule has 0 saturated carbocycles. The normalized spacial score (nSPS) is 10.4. The number of ether oxygens (including phenoxy) is 1. The molecule has 0 spiro atoms. The lowest BCUT2D eigenvalue weighted by Crippen LogP contribution is -2.01. The molecule has 0 bridgehead atoms. The Balaban J connectivity index is 2.70. The first kappa shape index (κ1) is 8.87. The standard InChI is InChI=1S/C10H8BNO2/c1-14-10(13)6-3-2-4-8-7(6)5-9(11)12-8/h2-5,12H,1H3. The minimum Gasteiger partial charge on any atom is -0.465 e. The number of fused-ring (bicyclic) bond motifs is 1. The molecule has 0 fully saturated rings. The maximum Gasteiger partial charge on any atom is 0.338 e. The Morgan fingerprint density at radius 3 is 3.00 bits per heavy atom. The Labute approximate surface area is 82.5 Å². The van der Waals surface area contributed by atoms with Gasteiger partial charge in [-0.3, -0.25) is 0 Å². The second kappa shape index (κ2) is 3.22. The van der Waals surface area contributed by atoms with Crippen LogP contribution >= 0.6 is 0 Å². The second-order valence-electron chi connectivity index (χ2n) is 2.98. The summed E-state index contributed by atoms with van der Waals surface area (Å²) in [6, 6.07) is 7.08. The van der Waals surface area contributed by atoms with Gasteiger partial charge in [0.05, 0.1) is 12.7 Å². The van der Waals surface area contributed by atoms with Crippen LogP contribution in [0.5, 0.6) is 0 Å². The molecule has 2 radical (unpaired) electrons. The Bertz CT molecular complexity index is 490. The van der Waals surface area contributed by atoms with Crippen LogP contribution < -0.4 is 5.59 Å². The van der Waals surface area contributed by atoms with Crippen molar-refractivity contribution in [2.45, 2.75) is 0 Å². The fourth-order valence-electron chi connectivity index (χ4n) is 1.46. The highest BCUT2D eigenvalue weighted by Crippen LogP contribution is 2.16. The molecular formula is C10H8BNO2. The summed E-state index contributed by atoms with van der Waals surface area (Å²) in [4.78, 5) is 14.3. The number of carbonyl (C=O) groups is 1. The van der Waals surface area contributed by atoms with Crippen molar-refractivity contribution < 1.29 is 9.53 Å². The number of hydrogen-bond donors (Lipinski definition) is 1. The lowest BCUT2D eigenvalue weighted by atomic mass is 10.0. The molecule has 14 heavy (non-hydrogen) atoms. The highest BCUT2D eigenvalue weighted by atomic mass is 16.5. The highest BCUT2D eigenvalue weighted by Gasteiger charge is 2.10. The molecule has 1 heterocycles. The van der Waals surface area contributed by atoms with Crippen LogP contribution in [-0.4, -0.2) is 25.9 Å². The van der Waals surface area contributed by atoms with E-state index in [-0.39, 0.29) is 5.97 Å². The summed E-state index contributed by atoms with van der Waals surface area (Å²) in [5.41, 5.74) is 1.90. The number of methoxy groups -OCH3 is 1. The Hall–Kier alpha value is -1.71. The van der Waals surface area contributed by atoms with E-state index in [1.165, 1.54) is 7.11 Å². The Morgan fingerprint density at radius 1 is 1.50 bits per heavy atom. The van der Waals surface area contributed by atoms with Crippen molar-refractivity contribution in [3.05, 3.63) is 29.8 Å². The smallest absolute Gasteiger partial charge is 0.338 e. The number of H-pyrrole nitrogens is 1. The van der Waals surface area contributed by atoms with E-state index in [9.17, 15) is 4.79 Å². The molecule has 3 nitrogen and oxygen atoms in total. The number of aromatic amines is 1. The summed E-state index contributed by atoms with van der Waals surface area (Å²) in [5.74, 6) is -0.352. The first-order valence-corrected chi connectivity index (χ1v) is 4.18. The molecule has 0 aliphatic rings. The van der Waals surface area contributed by atoms with Crippen LogP contribution in [0.4, 0.5) is 0 Å². The molecule has 68 valence electrons. The zero-order valence-corrected chi connectivity index (χ0v) is 7.70. The Kier molecular flexibility index (Phi) is 2.04. The highest BCUT2D eigenvalue weighted by molar-refractivity contribution is 6.32.